The van der Waals surface area contributed by atoms with Crippen molar-refractivity contribution in [2.24, 2.45) is 0 Å². The first-order valence-electron chi connectivity index (χ1n) is 13.9. The van der Waals surface area contributed by atoms with Gasteiger partial charge in [-0.05, 0) is 61.6 Å². The molecule has 8 nitrogen and oxygen atoms in total. The van der Waals surface area contributed by atoms with E-state index in [9.17, 15) is 9.18 Å². The summed E-state index contributed by atoms with van der Waals surface area (Å²) < 4.78 is 13.2. The summed E-state index contributed by atoms with van der Waals surface area (Å²) in [5, 5.41) is 20.2. The van der Waals surface area contributed by atoms with Crippen LogP contribution in [0.5, 0.6) is 0 Å². The van der Waals surface area contributed by atoms with Crippen LogP contribution in [-0.4, -0.2) is 73.9 Å². The van der Waals surface area contributed by atoms with Crippen molar-refractivity contribution in [2.75, 3.05) is 57.1 Å². The average Bonchev–Trinajstić information content (AvgIpc) is 3.23. The van der Waals surface area contributed by atoms with Crippen LogP contribution in [0.3, 0.4) is 0 Å². The highest BCUT2D eigenvalue weighted by Gasteiger charge is 2.20. The molecule has 1 aliphatic heterocycles. The van der Waals surface area contributed by atoms with Gasteiger partial charge >= 0.3 is 0 Å². The Labute approximate surface area is 229 Å². The molecule has 216 valence electrons. The minimum absolute atomic E-state index is 0.178. The van der Waals surface area contributed by atoms with E-state index in [1.54, 1.807) is 18.3 Å². The number of aromatic nitrogens is 1. The zero-order chi connectivity index (χ0) is 28.6. The van der Waals surface area contributed by atoms with Crippen molar-refractivity contribution in [3.63, 3.8) is 0 Å². The molecular formula is C29H51FN6O2. The number of nitrogens with zero attached hydrogens (tertiary/aromatic N) is 2. The predicted molar refractivity (Wildman–Crippen MR) is 158 cm³/mol. The summed E-state index contributed by atoms with van der Waals surface area (Å²) in [5.74, 6) is 0.807. The van der Waals surface area contributed by atoms with Crippen molar-refractivity contribution >= 4 is 17.9 Å². The van der Waals surface area contributed by atoms with Crippen LogP contribution in [0.2, 0.25) is 0 Å². The van der Waals surface area contributed by atoms with E-state index in [0.29, 0.717) is 24.2 Å². The number of hydrogen-bond donors (Lipinski definition) is 5. The molecule has 0 radical (unpaired) electrons. The van der Waals surface area contributed by atoms with E-state index in [0.717, 1.165) is 71.5 Å². The summed E-state index contributed by atoms with van der Waals surface area (Å²) in [6, 6.07) is 11.1. The zero-order valence-electron chi connectivity index (χ0n) is 24.3. The van der Waals surface area contributed by atoms with Crippen LogP contribution < -0.4 is 21.3 Å². The van der Waals surface area contributed by atoms with Crippen LogP contribution in [0.4, 0.5) is 15.9 Å². The molecule has 1 aliphatic rings. The average molecular weight is 535 g/mol. The van der Waals surface area contributed by atoms with Crippen LogP contribution in [0.25, 0.3) is 0 Å². The van der Waals surface area contributed by atoms with Gasteiger partial charge in [-0.25, -0.2) is 9.37 Å². The second-order valence-electron chi connectivity index (χ2n) is 8.20. The Morgan fingerprint density at radius 1 is 1.11 bits per heavy atom. The van der Waals surface area contributed by atoms with Crippen LogP contribution >= 0.6 is 0 Å². The Hall–Kier alpha value is -2.59. The molecule has 1 aromatic carbocycles. The fraction of sp³-hybridized carbons (Fsp3) is 0.586. The number of benzene rings is 1. The highest BCUT2D eigenvalue weighted by molar-refractivity contribution is 5.77. The van der Waals surface area contributed by atoms with E-state index in [4.69, 9.17) is 5.11 Å². The summed E-state index contributed by atoms with van der Waals surface area (Å²) in [6.07, 6.45) is 5.48. The third kappa shape index (κ3) is 13.8. The number of amides is 1. The van der Waals surface area contributed by atoms with Crippen molar-refractivity contribution in [3.05, 3.63) is 54.0 Å². The number of aliphatic hydroxyl groups is 1. The van der Waals surface area contributed by atoms with Crippen LogP contribution in [-0.2, 0) is 4.79 Å². The molecule has 1 aromatic heterocycles. The first-order chi connectivity index (χ1) is 18.7. The maximum Gasteiger partial charge on any atom is 0.212 e. The van der Waals surface area contributed by atoms with Crippen molar-refractivity contribution < 1.29 is 14.3 Å². The van der Waals surface area contributed by atoms with Crippen molar-refractivity contribution in [1.29, 1.82) is 0 Å². The van der Waals surface area contributed by atoms with Gasteiger partial charge in [0.05, 0.1) is 5.69 Å². The van der Waals surface area contributed by atoms with Crippen molar-refractivity contribution in [3.8, 4) is 0 Å². The van der Waals surface area contributed by atoms with E-state index in [-0.39, 0.29) is 5.82 Å². The van der Waals surface area contributed by atoms with Crippen LogP contribution in [0, 0.1) is 5.82 Å². The molecule has 0 spiro atoms. The number of anilines is 2. The normalized spacial score (nSPS) is 16.3. The zero-order valence-corrected chi connectivity index (χ0v) is 24.3. The third-order valence-corrected chi connectivity index (χ3v) is 6.01. The SMILES string of the molecule is CC.CC.CCN(CCCNc1cccnc1NC=O)CNC1CCC(c2ccc(F)cc2)CNC1.CO. The van der Waals surface area contributed by atoms with Gasteiger partial charge in [0.25, 0.3) is 0 Å². The van der Waals surface area contributed by atoms with Crippen molar-refractivity contribution in [1.82, 2.24) is 20.5 Å². The smallest absolute Gasteiger partial charge is 0.212 e. The molecule has 2 unspecified atom stereocenters. The van der Waals surface area contributed by atoms with Gasteiger partial charge in [-0.15, -0.1) is 0 Å². The van der Waals surface area contributed by atoms with Crippen LogP contribution in [0.1, 0.15) is 65.4 Å². The van der Waals surface area contributed by atoms with E-state index < -0.39 is 0 Å². The topological polar surface area (TPSA) is 102 Å². The van der Waals surface area contributed by atoms with E-state index in [1.165, 1.54) is 5.56 Å². The number of nitrogens with one attached hydrogen (secondary N) is 4. The number of hydrogen-bond acceptors (Lipinski definition) is 7. The summed E-state index contributed by atoms with van der Waals surface area (Å²) in [5.41, 5.74) is 2.04. The Bertz CT molecular complexity index is 825. The number of carbonyl (C=O) groups is 1. The Morgan fingerprint density at radius 3 is 2.47 bits per heavy atom. The van der Waals surface area contributed by atoms with Gasteiger partial charge in [0.1, 0.15) is 5.82 Å². The molecule has 1 saturated heterocycles. The summed E-state index contributed by atoms with van der Waals surface area (Å²) in [4.78, 5) is 17.3. The Balaban J connectivity index is 0.00000213. The summed E-state index contributed by atoms with van der Waals surface area (Å²) in [6.45, 7) is 15.7. The van der Waals surface area contributed by atoms with Crippen LogP contribution in [0.15, 0.2) is 42.6 Å². The minimum Gasteiger partial charge on any atom is -0.400 e. The number of aliphatic hydroxyl groups excluding tert-OH is 1. The van der Waals surface area contributed by atoms with Gasteiger partial charge in [-0.1, -0.05) is 46.8 Å². The molecule has 2 heterocycles. The molecule has 5 N–H and O–H groups in total. The second kappa shape index (κ2) is 23.5. The van der Waals surface area contributed by atoms with Gasteiger partial charge in [0, 0.05) is 52.2 Å². The number of carbonyl (C=O) groups excluding carboxylic acids is 1. The van der Waals surface area contributed by atoms with Crippen molar-refractivity contribution in [2.45, 2.75) is 65.8 Å². The number of pyridine rings is 1. The highest BCUT2D eigenvalue weighted by atomic mass is 19.1. The molecule has 0 aliphatic carbocycles. The predicted octanol–water partition coefficient (Wildman–Crippen LogP) is 4.66. The molecule has 3 rings (SSSR count). The van der Waals surface area contributed by atoms with E-state index in [1.807, 2.05) is 52.0 Å². The third-order valence-electron chi connectivity index (χ3n) is 6.01. The molecule has 0 saturated carbocycles. The molecule has 1 fully saturated rings. The summed E-state index contributed by atoms with van der Waals surface area (Å²) >= 11 is 0. The lowest BCUT2D eigenvalue weighted by molar-refractivity contribution is -0.105. The van der Waals surface area contributed by atoms with E-state index in [2.05, 4.69) is 38.1 Å². The Kier molecular flexibility index (Phi) is 21.9. The second-order valence-corrected chi connectivity index (χ2v) is 8.20. The molecule has 2 atom stereocenters. The van der Waals surface area contributed by atoms with Gasteiger partial charge in [-0.2, -0.15) is 0 Å². The van der Waals surface area contributed by atoms with Gasteiger partial charge in [-0.3, -0.25) is 9.69 Å². The lowest BCUT2D eigenvalue weighted by atomic mass is 9.94. The Morgan fingerprint density at radius 2 is 1.82 bits per heavy atom. The maximum absolute atomic E-state index is 13.2. The minimum atomic E-state index is -0.178. The number of rotatable bonds is 12. The molecular weight excluding hydrogens is 483 g/mol. The first kappa shape index (κ1) is 35.4. The lowest BCUT2D eigenvalue weighted by Crippen LogP contribution is -2.44. The monoisotopic (exact) mass is 534 g/mol. The van der Waals surface area contributed by atoms with E-state index >= 15 is 0 Å². The molecule has 1 amide bonds. The summed E-state index contributed by atoms with van der Waals surface area (Å²) in [7, 11) is 1.00. The highest BCUT2D eigenvalue weighted by Crippen LogP contribution is 2.23. The largest absolute Gasteiger partial charge is 0.400 e. The molecule has 0 bridgehead atoms. The molecule has 9 heteroatoms. The maximum atomic E-state index is 13.2. The lowest BCUT2D eigenvalue weighted by Gasteiger charge is -2.25. The fourth-order valence-corrected chi connectivity index (χ4v) is 4.08. The van der Waals surface area contributed by atoms with Gasteiger partial charge in [0.15, 0.2) is 5.82 Å². The van der Waals surface area contributed by atoms with Gasteiger partial charge < -0.3 is 26.4 Å². The number of halogens is 1. The molecule has 38 heavy (non-hydrogen) atoms. The fourth-order valence-electron chi connectivity index (χ4n) is 4.08. The molecule has 2 aromatic rings. The standard InChI is InChI=1S/C24H35FN6O.2C2H6.CH4O/c1-2-31(14-4-13-27-23-5-3-12-28-24(23)30-18-32)17-29-22-11-8-20(15-26-16-22)19-6-9-21(25)10-7-19;3*1-2/h3,5-7,9-10,12,18,20,22,26-27,29H,2,4,8,11,13-17H2,1H3,(H,28,30,32);2*1-2H3;2H,1H3. The quantitative estimate of drug-likeness (QED) is 0.153. The van der Waals surface area contributed by atoms with Gasteiger partial charge in [0.2, 0.25) is 6.41 Å². The first-order valence-corrected chi connectivity index (χ1v) is 13.9.